The van der Waals surface area contributed by atoms with E-state index >= 15 is 0 Å². The van der Waals surface area contributed by atoms with E-state index in [4.69, 9.17) is 0 Å². The van der Waals surface area contributed by atoms with E-state index in [0.717, 1.165) is 66.6 Å². The molecule has 0 aromatic carbocycles. The molecule has 0 aliphatic rings. The van der Waals surface area contributed by atoms with Gasteiger partial charge in [-0.2, -0.15) is 39.3 Å². The Kier molecular flexibility index (Phi) is 40.6. The third-order valence-electron chi connectivity index (χ3n) is 2.48. The molecule has 0 atom stereocenters. The predicted octanol–water partition coefficient (Wildman–Crippen LogP) is 6.11. The van der Waals surface area contributed by atoms with Crippen LogP contribution in [0.1, 0.15) is 68.7 Å². The van der Waals surface area contributed by atoms with Crippen LogP contribution in [0.5, 0.6) is 0 Å². The van der Waals surface area contributed by atoms with E-state index in [-0.39, 0.29) is 5.54 Å². The minimum Gasteiger partial charge on any atom is -0.663 e. The van der Waals surface area contributed by atoms with Gasteiger partial charge >= 0.3 is 57.0 Å². The van der Waals surface area contributed by atoms with Crippen molar-refractivity contribution < 1.29 is 20.9 Å². The standard InChI is InChI=1S/C5H11N.3C4H10N.Ta/c1-4-5(2,3)6;3*1-3-5-4-2;/h4H2,1-3H3;3*3-4H2,1-2H3;/q;3*-1;. The van der Waals surface area contributed by atoms with Gasteiger partial charge < -0.3 is 16.0 Å². The molecule has 0 heterocycles. The molecule has 137 valence electrons. The third kappa shape index (κ3) is 49.9. The molecule has 0 unspecified atom stereocenters. The largest absolute Gasteiger partial charge is 0.663 e. The average Bonchev–Trinajstić information content (AvgIpc) is 2.52. The van der Waals surface area contributed by atoms with E-state index < -0.39 is 0 Å². The van der Waals surface area contributed by atoms with E-state index in [1.165, 1.54) is 0 Å². The van der Waals surface area contributed by atoms with Crippen LogP contribution in [0.25, 0.3) is 16.0 Å². The van der Waals surface area contributed by atoms with Crippen LogP contribution in [0.4, 0.5) is 0 Å². The van der Waals surface area contributed by atoms with E-state index in [9.17, 15) is 0 Å². The molecule has 0 radical (unpaired) electrons. The number of hydrogen-bond donors (Lipinski definition) is 0. The minimum atomic E-state index is 0.258. The van der Waals surface area contributed by atoms with Crippen molar-refractivity contribution in [3.63, 3.8) is 0 Å². The third-order valence-corrected chi connectivity index (χ3v) is 4.42. The summed E-state index contributed by atoms with van der Waals surface area (Å²) in [5, 5.41) is 11.9. The second kappa shape index (κ2) is 29.4. The van der Waals surface area contributed by atoms with Gasteiger partial charge in [-0.3, -0.25) is 0 Å². The summed E-state index contributed by atoms with van der Waals surface area (Å²) in [7, 11) is 0. The quantitative estimate of drug-likeness (QED) is 0.401. The van der Waals surface area contributed by atoms with Gasteiger partial charge in [0.05, 0.1) is 0 Å². The molecule has 0 aromatic heterocycles. The molecule has 0 aliphatic heterocycles. The molecule has 0 rings (SSSR count). The summed E-state index contributed by atoms with van der Waals surface area (Å²) in [5.74, 6) is 0. The first-order chi connectivity index (χ1) is 10.4. The molecule has 0 saturated carbocycles. The molecular formula is C17H41N4Ta-3. The first-order valence-corrected chi connectivity index (χ1v) is 10.1. The van der Waals surface area contributed by atoms with Gasteiger partial charge in [-0.15, -0.1) is 0 Å². The first kappa shape index (κ1) is 30.3. The van der Waals surface area contributed by atoms with E-state index in [0.29, 0.717) is 0 Å². The molecule has 4 nitrogen and oxygen atoms in total. The summed E-state index contributed by atoms with van der Waals surface area (Å²) in [4.78, 5) is 0. The SMILES string of the molecule is CCC(C)(C)[N]=[Ta].CC[N-]CC.CC[N-]CC.CC[N-]CC. The van der Waals surface area contributed by atoms with Crippen LogP contribution >= 0.6 is 0 Å². The van der Waals surface area contributed by atoms with Crippen molar-refractivity contribution in [2.24, 2.45) is 3.34 Å². The number of nitrogens with zero attached hydrogens (tertiary/aromatic N) is 4. The normalized spacial score (nSPS) is 9.27. The maximum absolute atomic E-state index is 4.25. The molecular weight excluding hydrogens is 441 g/mol. The van der Waals surface area contributed by atoms with Crippen molar-refractivity contribution in [1.29, 1.82) is 0 Å². The Morgan fingerprint density at radius 1 is 0.636 bits per heavy atom. The Hall–Kier alpha value is 0.420. The summed E-state index contributed by atoms with van der Waals surface area (Å²) in [6.45, 7) is 24.6. The topological polar surface area (TPSA) is 54.7 Å². The number of hydrogen-bond acceptors (Lipinski definition) is 1. The van der Waals surface area contributed by atoms with E-state index in [2.05, 4.69) is 40.1 Å². The van der Waals surface area contributed by atoms with Crippen LogP contribution < -0.4 is 0 Å². The molecule has 0 amide bonds. The zero-order chi connectivity index (χ0) is 18.3. The van der Waals surface area contributed by atoms with Gasteiger partial charge in [0.25, 0.3) is 0 Å². The molecule has 0 fully saturated rings. The second-order valence-corrected chi connectivity index (χ2v) is 5.55. The molecule has 0 aliphatic carbocycles. The van der Waals surface area contributed by atoms with Crippen molar-refractivity contribution in [1.82, 2.24) is 0 Å². The van der Waals surface area contributed by atoms with E-state index in [1.807, 2.05) is 41.5 Å². The van der Waals surface area contributed by atoms with Gasteiger partial charge in [0.2, 0.25) is 0 Å². The van der Waals surface area contributed by atoms with Gasteiger partial charge in [0.1, 0.15) is 0 Å². The molecule has 22 heavy (non-hydrogen) atoms. The fourth-order valence-corrected chi connectivity index (χ4v) is 1.25. The summed E-state index contributed by atoms with van der Waals surface area (Å²) < 4.78 is 4.25. The van der Waals surface area contributed by atoms with Gasteiger partial charge in [-0.25, -0.2) is 0 Å². The van der Waals surface area contributed by atoms with Gasteiger partial charge in [0, 0.05) is 0 Å². The molecule has 0 spiro atoms. The van der Waals surface area contributed by atoms with Crippen LogP contribution in [0, 0.1) is 0 Å². The van der Waals surface area contributed by atoms with E-state index in [1.54, 1.807) is 0 Å². The maximum Gasteiger partial charge on any atom is -0.0844 e. The van der Waals surface area contributed by atoms with Crippen molar-refractivity contribution in [3.05, 3.63) is 16.0 Å². The van der Waals surface area contributed by atoms with Crippen LogP contribution in [-0.4, -0.2) is 44.8 Å². The molecule has 0 aromatic rings. The van der Waals surface area contributed by atoms with Crippen molar-refractivity contribution in [2.75, 3.05) is 39.3 Å². The van der Waals surface area contributed by atoms with Crippen LogP contribution in [0.3, 0.4) is 0 Å². The Morgan fingerprint density at radius 2 is 0.864 bits per heavy atom. The summed E-state index contributed by atoms with van der Waals surface area (Å²) >= 11 is 1.16. The molecule has 5 heteroatoms. The van der Waals surface area contributed by atoms with Gasteiger partial charge in [0.15, 0.2) is 0 Å². The van der Waals surface area contributed by atoms with Crippen molar-refractivity contribution >= 4 is 0 Å². The maximum atomic E-state index is 4.25. The van der Waals surface area contributed by atoms with Crippen molar-refractivity contribution in [3.8, 4) is 0 Å². The smallest absolute Gasteiger partial charge is 0.0844 e. The predicted molar refractivity (Wildman–Crippen MR) is 100 cm³/mol. The second-order valence-electron chi connectivity index (χ2n) is 4.83. The van der Waals surface area contributed by atoms with Crippen LogP contribution in [0.2, 0.25) is 0 Å². The summed E-state index contributed by atoms with van der Waals surface area (Å²) in [6.07, 6.45) is 1.16. The fourth-order valence-electron chi connectivity index (χ4n) is 0.742. The Morgan fingerprint density at radius 3 is 0.864 bits per heavy atom. The van der Waals surface area contributed by atoms with Gasteiger partial charge in [-0.1, -0.05) is 41.5 Å². The summed E-state index contributed by atoms with van der Waals surface area (Å²) in [6, 6.07) is 0. The van der Waals surface area contributed by atoms with Gasteiger partial charge in [-0.05, 0) is 0 Å². The van der Waals surface area contributed by atoms with Crippen LogP contribution in [0.15, 0.2) is 3.34 Å². The molecule has 0 saturated heterocycles. The summed E-state index contributed by atoms with van der Waals surface area (Å²) in [5.41, 5.74) is 0.258. The average molecular weight is 482 g/mol. The Labute approximate surface area is 153 Å². The fraction of sp³-hybridized carbons (Fsp3) is 1.00. The minimum absolute atomic E-state index is 0.258. The number of rotatable bonds is 8. The zero-order valence-electron chi connectivity index (χ0n) is 16.7. The molecule has 0 N–H and O–H groups in total. The monoisotopic (exact) mass is 482 g/mol. The van der Waals surface area contributed by atoms with Crippen molar-refractivity contribution in [2.45, 2.75) is 74.3 Å². The molecule has 0 bridgehead atoms. The Bertz CT molecular complexity index is 156. The zero-order valence-corrected chi connectivity index (χ0v) is 19.9. The Balaban J connectivity index is -0.0000000995. The van der Waals surface area contributed by atoms with Crippen LogP contribution in [-0.2, 0) is 20.9 Å². The first-order valence-electron chi connectivity index (χ1n) is 8.62.